The van der Waals surface area contributed by atoms with Gasteiger partial charge in [0, 0.05) is 6.04 Å². The van der Waals surface area contributed by atoms with E-state index in [1.807, 2.05) is 21.6 Å². The Bertz CT molecular complexity index is 301. The van der Waals surface area contributed by atoms with E-state index in [1.165, 1.54) is 51.7 Å². The summed E-state index contributed by atoms with van der Waals surface area (Å²) in [7, 11) is 10.6. The lowest BCUT2D eigenvalue weighted by atomic mass is 10.2. The molecule has 22 heavy (non-hydrogen) atoms. The summed E-state index contributed by atoms with van der Waals surface area (Å²) < 4.78 is 0. The quantitative estimate of drug-likeness (QED) is 0.392. The molecule has 3 atom stereocenters. The highest BCUT2D eigenvalue weighted by atomic mass is 127. The molecule has 0 spiro atoms. The fourth-order valence-electron chi connectivity index (χ4n) is 2.96. The van der Waals surface area contributed by atoms with Crippen LogP contribution in [-0.2, 0) is 0 Å². The minimum Gasteiger partial charge on any atom is -1.00 e. The van der Waals surface area contributed by atoms with Gasteiger partial charge in [-0.25, -0.2) is 4.90 Å². The van der Waals surface area contributed by atoms with Crippen LogP contribution in [0, 0.1) is 0 Å². The van der Waals surface area contributed by atoms with Crippen LogP contribution in [-0.4, -0.2) is 72.5 Å². The lowest BCUT2D eigenvalue weighted by Crippen LogP contribution is -3.00. The fraction of sp³-hybridized carbons (Fsp3) is 1.00. The maximum atomic E-state index is 2.68. The summed E-state index contributed by atoms with van der Waals surface area (Å²) in [6, 6.07) is 0.656. The molecule has 7 heteroatoms. The van der Waals surface area contributed by atoms with Crippen LogP contribution in [0.3, 0.4) is 0 Å². The van der Waals surface area contributed by atoms with Crippen LogP contribution in [0.4, 0.5) is 0 Å². The van der Waals surface area contributed by atoms with Crippen LogP contribution in [0.2, 0.25) is 0 Å². The first-order valence-electron chi connectivity index (χ1n) is 8.36. The molecule has 3 unspecified atom stereocenters. The molecule has 2 N–H and O–H groups in total. The number of hydrogen-bond donors (Lipinski definition) is 1. The maximum Gasteiger partial charge on any atom is 0.202 e. The Labute approximate surface area is 161 Å². The number of likely N-dealkylation sites (tertiary alicyclic amines) is 1. The minimum atomic E-state index is 0. The van der Waals surface area contributed by atoms with E-state index in [9.17, 15) is 0 Å². The fourth-order valence-corrected chi connectivity index (χ4v) is 6.22. The highest BCUT2D eigenvalue weighted by molar-refractivity contribution is 8.77. The van der Waals surface area contributed by atoms with Gasteiger partial charge in [0.1, 0.15) is 0 Å². The van der Waals surface area contributed by atoms with E-state index in [-0.39, 0.29) is 24.0 Å². The minimum absolute atomic E-state index is 0. The van der Waals surface area contributed by atoms with Gasteiger partial charge < -0.3 is 28.9 Å². The van der Waals surface area contributed by atoms with Crippen LogP contribution in [0.25, 0.3) is 0 Å². The zero-order valence-electron chi connectivity index (χ0n) is 14.5. The summed E-state index contributed by atoms with van der Waals surface area (Å²) in [5.74, 6) is 0. The molecule has 2 aliphatic rings. The number of rotatable bonds is 6. The molecule has 2 saturated heterocycles. The third-order valence-corrected chi connectivity index (χ3v) is 7.84. The summed E-state index contributed by atoms with van der Waals surface area (Å²) in [5.41, 5.74) is 1.11. The lowest BCUT2D eigenvalue weighted by Gasteiger charge is -2.29. The van der Waals surface area contributed by atoms with Crippen molar-refractivity contribution < 1.29 is 29.3 Å². The summed E-state index contributed by atoms with van der Waals surface area (Å²) in [5, 5.41) is 2.48. The third kappa shape index (κ3) is 6.64. The highest BCUT2D eigenvalue weighted by Gasteiger charge is 2.35. The second-order valence-electron chi connectivity index (χ2n) is 6.69. The van der Waals surface area contributed by atoms with Gasteiger partial charge in [0.15, 0.2) is 0 Å². The van der Waals surface area contributed by atoms with Crippen LogP contribution < -0.4 is 29.3 Å². The first-order valence-corrected chi connectivity index (χ1v) is 10.6. The van der Waals surface area contributed by atoms with Crippen molar-refractivity contribution in [3.63, 3.8) is 0 Å². The van der Waals surface area contributed by atoms with Crippen molar-refractivity contribution in [2.75, 3.05) is 40.8 Å². The van der Waals surface area contributed by atoms with E-state index >= 15 is 0 Å². The van der Waals surface area contributed by atoms with Gasteiger partial charge in [0.05, 0.1) is 0 Å². The second kappa shape index (κ2) is 11.0. The third-order valence-electron chi connectivity index (χ3n) is 4.75. The van der Waals surface area contributed by atoms with Gasteiger partial charge in [0.25, 0.3) is 0 Å². The molecule has 132 valence electrons. The lowest BCUT2D eigenvalue weighted by molar-refractivity contribution is -0.709. The van der Waals surface area contributed by atoms with E-state index < -0.39 is 0 Å². The largest absolute Gasteiger partial charge is 1.00 e. The van der Waals surface area contributed by atoms with Crippen LogP contribution >= 0.6 is 21.6 Å². The maximum absolute atomic E-state index is 2.68. The average Bonchev–Trinajstić information content (AvgIpc) is 2.82. The summed E-state index contributed by atoms with van der Waals surface area (Å²) in [6.07, 6.45) is 6.96. The van der Waals surface area contributed by atoms with Crippen LogP contribution in [0.1, 0.15) is 39.0 Å². The van der Waals surface area contributed by atoms with Crippen molar-refractivity contribution in [3.05, 3.63) is 0 Å². The molecule has 0 aromatic carbocycles. The summed E-state index contributed by atoms with van der Waals surface area (Å²) in [4.78, 5) is 7.53. The molecule has 2 heterocycles. The Balaban J connectivity index is 0.00000242. The standard InChI is InChI=1S/C15H32N4S2.HI/c1-13(9-12-19-10-7-5-6-8-11-19)18(4)15-16-14(17(2)3)20-21-15;/h13-16H,5-12H2,1-4H3;1H. The molecule has 0 aromatic rings. The van der Waals surface area contributed by atoms with Gasteiger partial charge >= 0.3 is 0 Å². The average molecular weight is 460 g/mol. The van der Waals surface area contributed by atoms with Gasteiger partial charge in [0.2, 0.25) is 11.0 Å². The summed E-state index contributed by atoms with van der Waals surface area (Å²) in [6.45, 7) is 6.30. The number of quaternary nitrogens is 1. The zero-order chi connectivity index (χ0) is 15.2. The Morgan fingerprint density at radius 1 is 1.05 bits per heavy atom. The Hall–Kier alpha value is 1.27. The van der Waals surface area contributed by atoms with Gasteiger partial charge in [-0.05, 0) is 88.6 Å². The van der Waals surface area contributed by atoms with E-state index in [2.05, 4.69) is 48.1 Å². The SMILES string of the molecule is CC(CCN1CCCCCC1)N(C)C1[NH2+]C(N(C)C)SS1.[I-]. The molecular weight excluding hydrogens is 427 g/mol. The normalized spacial score (nSPS) is 28.6. The first kappa shape index (κ1) is 21.3. The Morgan fingerprint density at radius 3 is 2.18 bits per heavy atom. The van der Waals surface area contributed by atoms with Crippen molar-refractivity contribution >= 4 is 21.6 Å². The van der Waals surface area contributed by atoms with Crippen LogP contribution in [0.15, 0.2) is 0 Å². The van der Waals surface area contributed by atoms with Gasteiger partial charge in [-0.15, -0.1) is 0 Å². The number of nitrogens with two attached hydrogens (primary N) is 1. The number of halogens is 1. The van der Waals surface area contributed by atoms with Crippen molar-refractivity contribution in [2.24, 2.45) is 0 Å². The summed E-state index contributed by atoms with van der Waals surface area (Å²) >= 11 is 0. The van der Waals surface area contributed by atoms with Crippen molar-refractivity contribution in [2.45, 2.75) is 56.1 Å². The number of hydrogen-bond acceptors (Lipinski definition) is 5. The van der Waals surface area contributed by atoms with Crippen molar-refractivity contribution in [3.8, 4) is 0 Å². The molecular formula is C15H33IN4S2. The van der Waals surface area contributed by atoms with Gasteiger partial charge in [-0.2, -0.15) is 0 Å². The molecule has 0 amide bonds. The van der Waals surface area contributed by atoms with E-state index in [0.29, 0.717) is 17.0 Å². The predicted octanol–water partition coefficient (Wildman–Crippen LogP) is -1.34. The monoisotopic (exact) mass is 460 g/mol. The molecule has 0 aromatic heterocycles. The van der Waals surface area contributed by atoms with E-state index in [0.717, 1.165) is 0 Å². The topological polar surface area (TPSA) is 26.3 Å². The smallest absolute Gasteiger partial charge is 0.202 e. The van der Waals surface area contributed by atoms with Gasteiger partial charge in [-0.1, -0.05) is 12.8 Å². The van der Waals surface area contributed by atoms with E-state index in [4.69, 9.17) is 0 Å². The molecule has 0 bridgehead atoms. The van der Waals surface area contributed by atoms with Crippen molar-refractivity contribution in [1.29, 1.82) is 0 Å². The second-order valence-corrected chi connectivity index (χ2v) is 9.19. The van der Waals surface area contributed by atoms with Crippen LogP contribution in [0.5, 0.6) is 0 Å². The molecule has 0 aliphatic carbocycles. The molecule has 2 aliphatic heterocycles. The Kier molecular flexibility index (Phi) is 10.7. The number of nitrogens with zero attached hydrogens (tertiary/aromatic N) is 3. The molecule has 0 radical (unpaired) electrons. The van der Waals surface area contributed by atoms with E-state index in [1.54, 1.807) is 0 Å². The highest BCUT2D eigenvalue weighted by Crippen LogP contribution is 2.33. The first-order chi connectivity index (χ1) is 10.1. The van der Waals surface area contributed by atoms with Gasteiger partial charge in [-0.3, -0.25) is 10.2 Å². The van der Waals surface area contributed by atoms with Crippen molar-refractivity contribution in [1.82, 2.24) is 14.7 Å². The molecule has 2 rings (SSSR count). The Morgan fingerprint density at radius 2 is 1.64 bits per heavy atom. The molecule has 0 saturated carbocycles. The predicted molar refractivity (Wildman–Crippen MR) is 95.1 cm³/mol. The molecule has 2 fully saturated rings. The zero-order valence-corrected chi connectivity index (χ0v) is 18.3. The molecule has 4 nitrogen and oxygen atoms in total.